The highest BCUT2D eigenvalue weighted by Crippen LogP contribution is 2.42. The Balaban J connectivity index is 2.10. The topological polar surface area (TPSA) is 75.6 Å². The molecule has 1 aliphatic carbocycles. The van der Waals surface area contributed by atoms with Crippen LogP contribution in [0.15, 0.2) is 18.2 Å². The SMILES string of the molecule is COc1ccc(F)cc1NC(=O)CC1(CC(=O)O)CCCCC1. The molecule has 2 N–H and O–H groups in total. The van der Waals surface area contributed by atoms with Crippen molar-refractivity contribution in [3.05, 3.63) is 24.0 Å². The molecule has 1 fully saturated rings. The third-order valence-electron chi connectivity index (χ3n) is 4.41. The minimum Gasteiger partial charge on any atom is -0.495 e. The number of halogens is 1. The predicted molar refractivity (Wildman–Crippen MR) is 84.0 cm³/mol. The van der Waals surface area contributed by atoms with Crippen molar-refractivity contribution in [2.45, 2.75) is 44.9 Å². The molecule has 0 aliphatic heterocycles. The molecule has 0 spiro atoms. The Bertz CT molecular complexity index is 582. The molecule has 126 valence electrons. The van der Waals surface area contributed by atoms with Gasteiger partial charge in [0.25, 0.3) is 0 Å². The van der Waals surface area contributed by atoms with Crippen LogP contribution in [0.5, 0.6) is 5.75 Å². The number of ether oxygens (including phenoxy) is 1. The quantitative estimate of drug-likeness (QED) is 0.839. The molecule has 0 aromatic heterocycles. The normalized spacial score (nSPS) is 16.6. The van der Waals surface area contributed by atoms with Gasteiger partial charge in [0.05, 0.1) is 19.2 Å². The van der Waals surface area contributed by atoms with Crippen LogP contribution in [0.25, 0.3) is 0 Å². The molecule has 0 saturated heterocycles. The lowest BCUT2D eigenvalue weighted by molar-refractivity contribution is -0.140. The number of anilines is 1. The average Bonchev–Trinajstić information content (AvgIpc) is 2.47. The summed E-state index contributed by atoms with van der Waals surface area (Å²) in [6.07, 6.45) is 4.51. The van der Waals surface area contributed by atoms with Gasteiger partial charge in [-0.05, 0) is 30.4 Å². The van der Waals surface area contributed by atoms with E-state index in [4.69, 9.17) is 9.84 Å². The van der Waals surface area contributed by atoms with Crippen LogP contribution in [0.2, 0.25) is 0 Å². The van der Waals surface area contributed by atoms with Gasteiger partial charge in [0.15, 0.2) is 0 Å². The summed E-state index contributed by atoms with van der Waals surface area (Å²) in [5.41, 5.74) is -0.242. The number of carbonyl (C=O) groups excluding carboxylic acids is 1. The van der Waals surface area contributed by atoms with Gasteiger partial charge >= 0.3 is 5.97 Å². The maximum Gasteiger partial charge on any atom is 0.303 e. The van der Waals surface area contributed by atoms with E-state index in [0.29, 0.717) is 5.75 Å². The molecule has 1 aliphatic rings. The zero-order valence-corrected chi connectivity index (χ0v) is 13.2. The molecule has 6 heteroatoms. The highest BCUT2D eigenvalue weighted by Gasteiger charge is 2.36. The van der Waals surface area contributed by atoms with Gasteiger partial charge in [0.1, 0.15) is 11.6 Å². The first-order valence-electron chi connectivity index (χ1n) is 7.79. The molecule has 23 heavy (non-hydrogen) atoms. The second-order valence-electron chi connectivity index (χ2n) is 6.20. The van der Waals surface area contributed by atoms with Gasteiger partial charge < -0.3 is 15.2 Å². The largest absolute Gasteiger partial charge is 0.495 e. The molecule has 1 amide bonds. The second kappa shape index (κ2) is 7.44. The van der Waals surface area contributed by atoms with Crippen molar-refractivity contribution in [2.24, 2.45) is 5.41 Å². The van der Waals surface area contributed by atoms with E-state index in [1.807, 2.05) is 0 Å². The molecular formula is C17H22FNO4. The maximum atomic E-state index is 13.4. The summed E-state index contributed by atoms with van der Waals surface area (Å²) in [6, 6.07) is 3.89. The molecular weight excluding hydrogens is 301 g/mol. The van der Waals surface area contributed by atoms with Crippen molar-refractivity contribution in [1.29, 1.82) is 0 Å². The van der Waals surface area contributed by atoms with Crippen molar-refractivity contribution in [1.82, 2.24) is 0 Å². The van der Waals surface area contributed by atoms with Crippen molar-refractivity contribution in [2.75, 3.05) is 12.4 Å². The summed E-state index contributed by atoms with van der Waals surface area (Å²) in [7, 11) is 1.44. The third kappa shape index (κ3) is 4.68. The van der Waals surface area contributed by atoms with Crippen LogP contribution < -0.4 is 10.1 Å². The molecule has 1 saturated carbocycles. The molecule has 5 nitrogen and oxygen atoms in total. The van der Waals surface area contributed by atoms with Gasteiger partial charge in [-0.25, -0.2) is 4.39 Å². The molecule has 2 rings (SSSR count). The number of aliphatic carboxylic acids is 1. The van der Waals surface area contributed by atoms with Crippen LogP contribution in [-0.4, -0.2) is 24.1 Å². The number of methoxy groups -OCH3 is 1. The highest BCUT2D eigenvalue weighted by molar-refractivity contribution is 5.93. The van der Waals surface area contributed by atoms with E-state index < -0.39 is 17.2 Å². The van der Waals surface area contributed by atoms with Gasteiger partial charge in [-0.15, -0.1) is 0 Å². The van der Waals surface area contributed by atoms with Crippen molar-refractivity contribution in [3.63, 3.8) is 0 Å². The van der Waals surface area contributed by atoms with Crippen LogP contribution in [0.4, 0.5) is 10.1 Å². The summed E-state index contributed by atoms with van der Waals surface area (Å²) >= 11 is 0. The monoisotopic (exact) mass is 323 g/mol. The van der Waals surface area contributed by atoms with E-state index in [9.17, 15) is 14.0 Å². The first-order valence-corrected chi connectivity index (χ1v) is 7.79. The smallest absolute Gasteiger partial charge is 0.303 e. The summed E-state index contributed by atoms with van der Waals surface area (Å²) in [5, 5.41) is 11.8. The average molecular weight is 323 g/mol. The Kier molecular flexibility index (Phi) is 5.58. The number of rotatable bonds is 6. The minimum atomic E-state index is -0.886. The Morgan fingerprint density at radius 3 is 2.57 bits per heavy atom. The Hall–Kier alpha value is -2.11. The fourth-order valence-corrected chi connectivity index (χ4v) is 3.35. The lowest BCUT2D eigenvalue weighted by Crippen LogP contribution is -2.32. The van der Waals surface area contributed by atoms with Crippen LogP contribution >= 0.6 is 0 Å². The van der Waals surface area contributed by atoms with Crippen molar-refractivity contribution in [3.8, 4) is 5.75 Å². The van der Waals surface area contributed by atoms with Gasteiger partial charge in [-0.1, -0.05) is 19.3 Å². The number of hydrogen-bond acceptors (Lipinski definition) is 3. The van der Waals surface area contributed by atoms with Crippen LogP contribution in [0.1, 0.15) is 44.9 Å². The summed E-state index contributed by atoms with van der Waals surface area (Å²) in [6.45, 7) is 0. The first kappa shape index (κ1) is 17.2. The highest BCUT2D eigenvalue weighted by atomic mass is 19.1. The Labute approximate surface area is 134 Å². The van der Waals surface area contributed by atoms with Gasteiger partial charge in [-0.2, -0.15) is 0 Å². The third-order valence-corrected chi connectivity index (χ3v) is 4.41. The van der Waals surface area contributed by atoms with Crippen LogP contribution in [-0.2, 0) is 9.59 Å². The minimum absolute atomic E-state index is 0.0132. The zero-order chi connectivity index (χ0) is 16.9. The maximum absolute atomic E-state index is 13.4. The van der Waals surface area contributed by atoms with E-state index in [1.54, 1.807) is 0 Å². The molecule has 0 unspecified atom stereocenters. The molecule has 1 aromatic carbocycles. The number of nitrogens with one attached hydrogen (secondary N) is 1. The van der Waals surface area contributed by atoms with Crippen molar-refractivity contribution < 1.29 is 23.8 Å². The number of carboxylic acids is 1. The van der Waals surface area contributed by atoms with E-state index >= 15 is 0 Å². The van der Waals surface area contributed by atoms with E-state index in [2.05, 4.69) is 5.32 Å². The van der Waals surface area contributed by atoms with E-state index in [1.165, 1.54) is 25.3 Å². The molecule has 1 aromatic rings. The van der Waals surface area contributed by atoms with Crippen molar-refractivity contribution >= 4 is 17.6 Å². The fraction of sp³-hybridized carbons (Fsp3) is 0.529. The number of hydrogen-bond donors (Lipinski definition) is 2. The number of carboxylic acid groups (broad SMARTS) is 1. The first-order chi connectivity index (χ1) is 10.9. The standard InChI is InChI=1S/C17H22FNO4/c1-23-14-6-5-12(18)9-13(14)19-15(20)10-17(11-16(21)22)7-3-2-4-8-17/h5-6,9H,2-4,7-8,10-11H2,1H3,(H,19,20)(H,21,22). The second-order valence-corrected chi connectivity index (χ2v) is 6.20. The van der Waals surface area contributed by atoms with Crippen LogP contribution in [0, 0.1) is 11.2 Å². The zero-order valence-electron chi connectivity index (χ0n) is 13.2. The van der Waals surface area contributed by atoms with Gasteiger partial charge in [-0.3, -0.25) is 9.59 Å². The molecule has 0 atom stereocenters. The van der Waals surface area contributed by atoms with Gasteiger partial charge in [0, 0.05) is 12.5 Å². The molecule has 0 heterocycles. The lowest BCUT2D eigenvalue weighted by atomic mass is 9.69. The Morgan fingerprint density at radius 2 is 1.96 bits per heavy atom. The van der Waals surface area contributed by atoms with Crippen LogP contribution in [0.3, 0.4) is 0 Å². The fourth-order valence-electron chi connectivity index (χ4n) is 3.35. The number of carbonyl (C=O) groups is 2. The predicted octanol–water partition coefficient (Wildman–Crippen LogP) is 3.59. The number of benzene rings is 1. The molecule has 0 radical (unpaired) electrons. The summed E-state index contributed by atoms with van der Waals surface area (Å²) < 4.78 is 18.5. The van der Waals surface area contributed by atoms with Gasteiger partial charge in [0.2, 0.25) is 5.91 Å². The summed E-state index contributed by atoms with van der Waals surface area (Å²) in [5.74, 6) is -1.30. The number of amides is 1. The lowest BCUT2D eigenvalue weighted by Gasteiger charge is -2.35. The Morgan fingerprint density at radius 1 is 1.26 bits per heavy atom. The van der Waals surface area contributed by atoms with E-state index in [0.717, 1.165) is 32.1 Å². The molecule has 0 bridgehead atoms. The summed E-state index contributed by atoms with van der Waals surface area (Å²) in [4.78, 5) is 23.5. The van der Waals surface area contributed by atoms with E-state index in [-0.39, 0.29) is 24.4 Å².